The van der Waals surface area contributed by atoms with Crippen LogP contribution in [0.15, 0.2) is 121 Å². The van der Waals surface area contributed by atoms with Crippen molar-refractivity contribution in [1.29, 1.82) is 0 Å². The van der Waals surface area contributed by atoms with Gasteiger partial charge in [0.15, 0.2) is 0 Å². The molecule has 0 amide bonds. The fraction of sp³-hybridized carbons (Fsp3) is 0.188. The van der Waals surface area contributed by atoms with Crippen LogP contribution in [0.1, 0.15) is 28.7 Å². The lowest BCUT2D eigenvalue weighted by Crippen LogP contribution is -2.43. The summed E-state index contributed by atoms with van der Waals surface area (Å²) in [5.74, 6) is -0.899. The summed E-state index contributed by atoms with van der Waals surface area (Å²) in [6, 6.07) is 38.0. The second-order valence-electron chi connectivity index (χ2n) is 8.84. The average Bonchev–Trinajstić information content (AvgIpc) is 2.95. The summed E-state index contributed by atoms with van der Waals surface area (Å²) in [6.07, 6.45) is -0.111. The molecule has 0 saturated heterocycles. The third-order valence-corrected chi connectivity index (χ3v) is 6.00. The maximum Gasteiger partial charge on any atom is 0.324 e. The number of benzene rings is 4. The number of carbonyl (C=O) groups is 2. The van der Waals surface area contributed by atoms with Crippen molar-refractivity contribution in [3.05, 3.63) is 144 Å². The summed E-state index contributed by atoms with van der Waals surface area (Å²) in [5.41, 5.74) is 3.86. The van der Waals surface area contributed by atoms with Crippen molar-refractivity contribution < 1.29 is 19.1 Å². The molecule has 0 fully saturated rings. The number of ether oxygens (including phenoxy) is 2. The van der Waals surface area contributed by atoms with E-state index in [1.807, 2.05) is 126 Å². The van der Waals surface area contributed by atoms with Crippen molar-refractivity contribution in [2.45, 2.75) is 38.8 Å². The van der Waals surface area contributed by atoms with Crippen LogP contribution < -0.4 is 0 Å². The Labute approximate surface area is 218 Å². The topological polar surface area (TPSA) is 55.8 Å². The maximum atomic E-state index is 13.5. The molecular formula is C32H31NO4. The number of hydrogen-bond donors (Lipinski definition) is 0. The van der Waals surface area contributed by atoms with Crippen molar-refractivity contribution in [2.24, 2.45) is 0 Å². The minimum absolute atomic E-state index is 0.111. The average molecular weight is 494 g/mol. The highest BCUT2D eigenvalue weighted by Crippen LogP contribution is 2.19. The van der Waals surface area contributed by atoms with Gasteiger partial charge in [0.25, 0.3) is 0 Å². The monoisotopic (exact) mass is 493 g/mol. The van der Waals surface area contributed by atoms with Crippen LogP contribution in [0.5, 0.6) is 0 Å². The molecule has 0 radical (unpaired) electrons. The lowest BCUT2D eigenvalue weighted by atomic mass is 10.1. The molecule has 0 heterocycles. The summed E-state index contributed by atoms with van der Waals surface area (Å²) < 4.78 is 11.3. The Kier molecular flexibility index (Phi) is 9.62. The first-order valence-electron chi connectivity index (χ1n) is 12.4. The molecule has 1 atom stereocenters. The van der Waals surface area contributed by atoms with Gasteiger partial charge >= 0.3 is 11.9 Å². The standard InChI is InChI=1S/C32H31NO4/c34-31(36-24-28-17-9-3-10-18-28)21-30(32(35)37-25-29-19-11-4-12-20-29)33(22-26-13-5-1-6-14-26)23-27-15-7-2-8-16-27/h1-20,30H,21-25H2/t30-/m0/s1. The Hall–Kier alpha value is -4.22. The fourth-order valence-corrected chi connectivity index (χ4v) is 4.05. The van der Waals surface area contributed by atoms with E-state index in [-0.39, 0.29) is 19.6 Å². The molecule has 0 saturated carbocycles. The molecule has 4 aromatic carbocycles. The number of rotatable bonds is 12. The van der Waals surface area contributed by atoms with Gasteiger partial charge in [-0.2, -0.15) is 0 Å². The highest BCUT2D eigenvalue weighted by Gasteiger charge is 2.31. The zero-order valence-electron chi connectivity index (χ0n) is 20.7. The van der Waals surface area contributed by atoms with Gasteiger partial charge in [0.2, 0.25) is 0 Å². The molecule has 5 heteroatoms. The quantitative estimate of drug-likeness (QED) is 0.229. The van der Waals surface area contributed by atoms with Crippen molar-refractivity contribution in [2.75, 3.05) is 0 Å². The predicted octanol–water partition coefficient (Wildman–Crippen LogP) is 5.93. The lowest BCUT2D eigenvalue weighted by molar-refractivity contribution is -0.158. The van der Waals surface area contributed by atoms with Crippen molar-refractivity contribution in [3.8, 4) is 0 Å². The van der Waals surface area contributed by atoms with E-state index in [4.69, 9.17) is 9.47 Å². The Morgan fingerprint density at radius 1 is 0.541 bits per heavy atom. The smallest absolute Gasteiger partial charge is 0.324 e. The Bertz CT molecular complexity index is 1190. The van der Waals surface area contributed by atoms with Crippen LogP contribution in [0, 0.1) is 0 Å². The van der Waals surface area contributed by atoms with Gasteiger partial charge < -0.3 is 9.47 Å². The first kappa shape index (κ1) is 25.9. The molecule has 0 aromatic heterocycles. The number of esters is 2. The summed E-state index contributed by atoms with van der Waals surface area (Å²) in [4.78, 5) is 28.4. The zero-order valence-corrected chi connectivity index (χ0v) is 20.7. The normalized spacial score (nSPS) is 11.6. The van der Waals surface area contributed by atoms with E-state index in [1.165, 1.54) is 0 Å². The summed E-state index contributed by atoms with van der Waals surface area (Å²) in [7, 11) is 0. The van der Waals surface area contributed by atoms with Gasteiger partial charge in [-0.1, -0.05) is 121 Å². The first-order chi connectivity index (χ1) is 18.2. The van der Waals surface area contributed by atoms with E-state index in [9.17, 15) is 9.59 Å². The fourth-order valence-electron chi connectivity index (χ4n) is 4.05. The summed E-state index contributed by atoms with van der Waals surface area (Å²) in [5, 5.41) is 0. The summed E-state index contributed by atoms with van der Waals surface area (Å²) in [6.45, 7) is 1.25. The third kappa shape index (κ3) is 8.44. The van der Waals surface area contributed by atoms with E-state index >= 15 is 0 Å². The molecule has 4 rings (SSSR count). The summed E-state index contributed by atoms with van der Waals surface area (Å²) >= 11 is 0. The third-order valence-electron chi connectivity index (χ3n) is 6.00. The van der Waals surface area contributed by atoms with Gasteiger partial charge in [-0.25, -0.2) is 0 Å². The molecular weight excluding hydrogens is 462 g/mol. The van der Waals surface area contributed by atoms with Crippen LogP contribution in [0.25, 0.3) is 0 Å². The maximum absolute atomic E-state index is 13.5. The Morgan fingerprint density at radius 3 is 1.35 bits per heavy atom. The van der Waals surface area contributed by atoms with Gasteiger partial charge in [-0.05, 0) is 22.3 Å². The van der Waals surface area contributed by atoms with Gasteiger partial charge in [-0.3, -0.25) is 14.5 Å². The van der Waals surface area contributed by atoms with Crippen molar-refractivity contribution in [1.82, 2.24) is 4.90 Å². The molecule has 0 aliphatic heterocycles. The van der Waals surface area contributed by atoms with Gasteiger partial charge in [0, 0.05) is 13.1 Å². The van der Waals surface area contributed by atoms with Crippen LogP contribution in [-0.4, -0.2) is 22.9 Å². The number of hydrogen-bond acceptors (Lipinski definition) is 5. The van der Waals surface area contributed by atoms with Crippen LogP contribution in [-0.2, 0) is 45.4 Å². The largest absolute Gasteiger partial charge is 0.461 e. The highest BCUT2D eigenvalue weighted by atomic mass is 16.5. The van der Waals surface area contributed by atoms with E-state index in [0.29, 0.717) is 13.1 Å². The molecule has 0 N–H and O–H groups in total. The minimum Gasteiger partial charge on any atom is -0.461 e. The Morgan fingerprint density at radius 2 is 0.919 bits per heavy atom. The lowest BCUT2D eigenvalue weighted by Gasteiger charge is -2.30. The van der Waals surface area contributed by atoms with E-state index < -0.39 is 18.0 Å². The van der Waals surface area contributed by atoms with E-state index in [0.717, 1.165) is 22.3 Å². The van der Waals surface area contributed by atoms with Crippen LogP contribution in [0.4, 0.5) is 0 Å². The molecule has 0 aliphatic rings. The molecule has 5 nitrogen and oxygen atoms in total. The predicted molar refractivity (Wildman–Crippen MR) is 143 cm³/mol. The second kappa shape index (κ2) is 13.8. The van der Waals surface area contributed by atoms with Crippen molar-refractivity contribution >= 4 is 11.9 Å². The molecule has 0 bridgehead atoms. The SMILES string of the molecule is O=C(C[C@@H](C(=O)OCc1ccccc1)N(Cc1ccccc1)Cc1ccccc1)OCc1ccccc1. The minimum atomic E-state index is -0.813. The molecule has 0 unspecified atom stereocenters. The molecule has 0 spiro atoms. The highest BCUT2D eigenvalue weighted by molar-refractivity contribution is 5.82. The molecule has 188 valence electrons. The number of carbonyl (C=O) groups excluding carboxylic acids is 2. The molecule has 37 heavy (non-hydrogen) atoms. The number of nitrogens with zero attached hydrogens (tertiary/aromatic N) is 1. The first-order valence-corrected chi connectivity index (χ1v) is 12.4. The van der Waals surface area contributed by atoms with E-state index in [1.54, 1.807) is 0 Å². The van der Waals surface area contributed by atoms with Crippen LogP contribution in [0.3, 0.4) is 0 Å². The van der Waals surface area contributed by atoms with Crippen molar-refractivity contribution in [3.63, 3.8) is 0 Å². The Balaban J connectivity index is 1.54. The van der Waals surface area contributed by atoms with Crippen LogP contribution >= 0.6 is 0 Å². The second-order valence-corrected chi connectivity index (χ2v) is 8.84. The zero-order chi connectivity index (χ0) is 25.7. The molecule has 4 aromatic rings. The van der Waals surface area contributed by atoms with Crippen LogP contribution in [0.2, 0.25) is 0 Å². The van der Waals surface area contributed by atoms with E-state index in [2.05, 4.69) is 0 Å². The van der Waals surface area contributed by atoms with Gasteiger partial charge in [-0.15, -0.1) is 0 Å². The van der Waals surface area contributed by atoms with Gasteiger partial charge in [0.1, 0.15) is 19.3 Å². The molecule has 0 aliphatic carbocycles. The van der Waals surface area contributed by atoms with Gasteiger partial charge in [0.05, 0.1) is 6.42 Å².